The van der Waals surface area contributed by atoms with Crippen LogP contribution in [0.5, 0.6) is 5.75 Å². The van der Waals surface area contributed by atoms with E-state index in [9.17, 15) is 4.79 Å². The van der Waals surface area contributed by atoms with Gasteiger partial charge in [-0.3, -0.25) is 10.3 Å². The highest BCUT2D eigenvalue weighted by Crippen LogP contribution is 2.05. The van der Waals surface area contributed by atoms with Crippen LogP contribution in [0.2, 0.25) is 0 Å². The molecule has 0 aromatic carbocycles. The Kier molecular flexibility index (Phi) is 2.84. The van der Waals surface area contributed by atoms with Crippen molar-refractivity contribution in [3.05, 3.63) is 37.3 Å². The Bertz CT molecular complexity index is 272. The van der Waals surface area contributed by atoms with Crippen molar-refractivity contribution >= 4 is 6.09 Å². The summed E-state index contributed by atoms with van der Waals surface area (Å²) in [5, 5.41) is 2.27. The standard InChI is InChI=1S/C8H8N2O2/c1-2-10-8(11)12-7-4-3-5-9-6-7/h2-6H,1H2,(H,10,11). The maximum Gasteiger partial charge on any atom is 0.416 e. The van der Waals surface area contributed by atoms with Crippen LogP contribution >= 0.6 is 0 Å². The van der Waals surface area contributed by atoms with Gasteiger partial charge in [-0.2, -0.15) is 0 Å². The van der Waals surface area contributed by atoms with Crippen molar-refractivity contribution < 1.29 is 9.53 Å². The van der Waals surface area contributed by atoms with Crippen LogP contribution in [0.3, 0.4) is 0 Å². The zero-order valence-electron chi connectivity index (χ0n) is 6.36. The topological polar surface area (TPSA) is 51.2 Å². The van der Waals surface area contributed by atoms with E-state index < -0.39 is 6.09 Å². The molecule has 0 aliphatic rings. The van der Waals surface area contributed by atoms with Crippen LogP contribution in [0.15, 0.2) is 37.3 Å². The number of hydrogen-bond acceptors (Lipinski definition) is 3. The molecule has 4 nitrogen and oxygen atoms in total. The SMILES string of the molecule is C=CNC(=O)Oc1cccnc1. The van der Waals surface area contributed by atoms with Gasteiger partial charge in [0.05, 0.1) is 6.20 Å². The van der Waals surface area contributed by atoms with Crippen LogP contribution in [-0.2, 0) is 0 Å². The first-order valence-corrected chi connectivity index (χ1v) is 3.32. The highest BCUT2D eigenvalue weighted by atomic mass is 16.6. The Morgan fingerprint density at radius 3 is 3.17 bits per heavy atom. The summed E-state index contributed by atoms with van der Waals surface area (Å²) in [7, 11) is 0. The first-order valence-electron chi connectivity index (χ1n) is 3.32. The molecule has 0 fully saturated rings. The van der Waals surface area contributed by atoms with Crippen molar-refractivity contribution in [3.63, 3.8) is 0 Å². The second-order valence-electron chi connectivity index (χ2n) is 1.93. The summed E-state index contributed by atoms with van der Waals surface area (Å²) in [6, 6.07) is 3.31. The number of nitrogens with one attached hydrogen (secondary N) is 1. The van der Waals surface area contributed by atoms with Gasteiger partial charge in [0.1, 0.15) is 0 Å². The largest absolute Gasteiger partial charge is 0.416 e. The minimum atomic E-state index is -0.571. The molecular formula is C8H8N2O2. The lowest BCUT2D eigenvalue weighted by Crippen LogP contribution is -2.20. The van der Waals surface area contributed by atoms with E-state index in [4.69, 9.17) is 4.74 Å². The summed E-state index contributed by atoms with van der Waals surface area (Å²) in [5.74, 6) is 0.400. The molecule has 0 aliphatic heterocycles. The van der Waals surface area contributed by atoms with Gasteiger partial charge in [0.2, 0.25) is 0 Å². The molecular weight excluding hydrogens is 156 g/mol. The predicted octanol–water partition coefficient (Wildman–Crippen LogP) is 1.31. The molecule has 12 heavy (non-hydrogen) atoms. The van der Waals surface area contributed by atoms with Gasteiger partial charge in [-0.05, 0) is 18.3 Å². The summed E-state index contributed by atoms with van der Waals surface area (Å²) in [6.45, 7) is 3.31. The van der Waals surface area contributed by atoms with Crippen molar-refractivity contribution in [2.75, 3.05) is 0 Å². The molecule has 1 aromatic rings. The van der Waals surface area contributed by atoms with Gasteiger partial charge in [-0.1, -0.05) is 6.58 Å². The van der Waals surface area contributed by atoms with E-state index in [1.54, 1.807) is 18.3 Å². The first-order chi connectivity index (χ1) is 5.83. The third kappa shape index (κ3) is 2.42. The van der Waals surface area contributed by atoms with E-state index in [0.717, 1.165) is 0 Å². The molecule has 0 radical (unpaired) electrons. The van der Waals surface area contributed by atoms with Gasteiger partial charge in [0, 0.05) is 6.20 Å². The highest BCUT2D eigenvalue weighted by Gasteiger charge is 1.99. The normalized spacial score (nSPS) is 8.67. The molecule has 1 amide bonds. The third-order valence-electron chi connectivity index (χ3n) is 1.06. The molecule has 0 aliphatic carbocycles. The van der Waals surface area contributed by atoms with Gasteiger partial charge < -0.3 is 4.74 Å². The quantitative estimate of drug-likeness (QED) is 0.717. The molecule has 0 saturated heterocycles. The molecule has 1 aromatic heterocycles. The Balaban J connectivity index is 2.52. The summed E-state index contributed by atoms with van der Waals surface area (Å²) >= 11 is 0. The van der Waals surface area contributed by atoms with Crippen molar-refractivity contribution in [3.8, 4) is 5.75 Å². The number of hydrogen-bond donors (Lipinski definition) is 1. The molecule has 1 N–H and O–H groups in total. The lowest BCUT2D eigenvalue weighted by Gasteiger charge is -2.00. The first kappa shape index (κ1) is 8.26. The maximum absolute atomic E-state index is 10.8. The van der Waals surface area contributed by atoms with E-state index >= 15 is 0 Å². The lowest BCUT2D eigenvalue weighted by molar-refractivity contribution is 0.204. The molecule has 1 heterocycles. The second-order valence-corrected chi connectivity index (χ2v) is 1.93. The Labute approximate surface area is 69.9 Å². The molecule has 0 spiro atoms. The van der Waals surface area contributed by atoms with Crippen molar-refractivity contribution in [1.29, 1.82) is 0 Å². The molecule has 0 unspecified atom stereocenters. The fourth-order valence-corrected chi connectivity index (χ4v) is 0.627. The van der Waals surface area contributed by atoms with Crippen molar-refractivity contribution in [1.82, 2.24) is 10.3 Å². The zero-order chi connectivity index (χ0) is 8.81. The molecule has 4 heteroatoms. The van der Waals surface area contributed by atoms with E-state index in [-0.39, 0.29) is 0 Å². The monoisotopic (exact) mass is 164 g/mol. The van der Waals surface area contributed by atoms with Crippen LogP contribution in [0.25, 0.3) is 0 Å². The summed E-state index contributed by atoms with van der Waals surface area (Å²) in [4.78, 5) is 14.5. The summed E-state index contributed by atoms with van der Waals surface area (Å²) in [6.07, 6.45) is 3.72. The minimum absolute atomic E-state index is 0.400. The summed E-state index contributed by atoms with van der Waals surface area (Å²) in [5.41, 5.74) is 0. The zero-order valence-corrected chi connectivity index (χ0v) is 6.36. The molecule has 0 atom stereocenters. The van der Waals surface area contributed by atoms with Crippen LogP contribution in [-0.4, -0.2) is 11.1 Å². The average Bonchev–Trinajstić information content (AvgIpc) is 2.06. The van der Waals surface area contributed by atoms with Crippen molar-refractivity contribution in [2.45, 2.75) is 0 Å². The molecule has 0 saturated carbocycles. The molecule has 0 bridgehead atoms. The van der Waals surface area contributed by atoms with Gasteiger partial charge in [-0.15, -0.1) is 0 Å². The molecule has 1 rings (SSSR count). The Morgan fingerprint density at radius 2 is 2.58 bits per heavy atom. The number of amides is 1. The maximum atomic E-state index is 10.8. The number of ether oxygens (including phenoxy) is 1. The van der Waals surface area contributed by atoms with Gasteiger partial charge in [0.25, 0.3) is 0 Å². The van der Waals surface area contributed by atoms with Gasteiger partial charge in [0.15, 0.2) is 5.75 Å². The van der Waals surface area contributed by atoms with Crippen LogP contribution in [0.1, 0.15) is 0 Å². The van der Waals surface area contributed by atoms with E-state index in [2.05, 4.69) is 16.9 Å². The Hall–Kier alpha value is -1.84. The van der Waals surface area contributed by atoms with E-state index in [1.165, 1.54) is 12.4 Å². The minimum Gasteiger partial charge on any atom is -0.408 e. The summed E-state index contributed by atoms with van der Waals surface area (Å²) < 4.78 is 4.77. The van der Waals surface area contributed by atoms with Crippen LogP contribution in [0.4, 0.5) is 4.79 Å². The van der Waals surface area contributed by atoms with Crippen LogP contribution in [0, 0.1) is 0 Å². The van der Waals surface area contributed by atoms with E-state index in [0.29, 0.717) is 5.75 Å². The number of aromatic nitrogens is 1. The number of rotatable bonds is 2. The molecule has 62 valence electrons. The van der Waals surface area contributed by atoms with E-state index in [1.807, 2.05) is 0 Å². The van der Waals surface area contributed by atoms with Crippen LogP contribution < -0.4 is 10.1 Å². The number of nitrogens with zero attached hydrogens (tertiary/aromatic N) is 1. The fourth-order valence-electron chi connectivity index (χ4n) is 0.627. The number of pyridine rings is 1. The number of carbonyl (C=O) groups is 1. The Morgan fingerprint density at radius 1 is 1.75 bits per heavy atom. The average molecular weight is 164 g/mol. The third-order valence-corrected chi connectivity index (χ3v) is 1.06. The smallest absolute Gasteiger partial charge is 0.408 e. The fraction of sp³-hybridized carbons (Fsp3) is 0. The highest BCUT2D eigenvalue weighted by molar-refractivity contribution is 5.71. The van der Waals surface area contributed by atoms with Crippen molar-refractivity contribution in [2.24, 2.45) is 0 Å². The van der Waals surface area contributed by atoms with Gasteiger partial charge >= 0.3 is 6.09 Å². The second kappa shape index (κ2) is 4.12. The number of carbonyl (C=O) groups excluding carboxylic acids is 1. The lowest BCUT2D eigenvalue weighted by atomic mass is 10.5. The van der Waals surface area contributed by atoms with Gasteiger partial charge in [-0.25, -0.2) is 4.79 Å². The predicted molar refractivity (Wildman–Crippen MR) is 43.6 cm³/mol.